The predicted molar refractivity (Wildman–Crippen MR) is 149 cm³/mol. The van der Waals surface area contributed by atoms with Crippen LogP contribution in [0.15, 0.2) is 72.8 Å². The summed E-state index contributed by atoms with van der Waals surface area (Å²) < 4.78 is 76.1. The highest BCUT2D eigenvalue weighted by Crippen LogP contribution is 2.32. The van der Waals surface area contributed by atoms with Crippen LogP contribution in [0, 0.1) is 6.92 Å². The van der Waals surface area contributed by atoms with Gasteiger partial charge in [0.25, 0.3) is 0 Å². The fraction of sp³-hybridized carbons (Fsp3) is 0.290. The van der Waals surface area contributed by atoms with Crippen molar-refractivity contribution in [3.05, 3.63) is 102 Å². The zero-order valence-electron chi connectivity index (χ0n) is 22.3. The summed E-state index contributed by atoms with van der Waals surface area (Å²) in [5, 5.41) is 0. The van der Waals surface area contributed by atoms with E-state index >= 15 is 0 Å². The van der Waals surface area contributed by atoms with Crippen molar-refractivity contribution in [1.29, 1.82) is 0 Å². The van der Waals surface area contributed by atoms with E-state index in [0.29, 0.717) is 41.8 Å². The largest absolute Gasteiger partial charge is 0.462 e. The minimum absolute atomic E-state index is 0.00207. The van der Waals surface area contributed by atoms with E-state index in [-0.39, 0.29) is 30.3 Å². The first-order chi connectivity index (χ1) is 19.3. The Kier molecular flexibility index (Phi) is 10.7. The van der Waals surface area contributed by atoms with Crippen LogP contribution >= 0.6 is 0 Å². The summed E-state index contributed by atoms with van der Waals surface area (Å²) in [6, 6.07) is 16.3. The van der Waals surface area contributed by atoms with E-state index < -0.39 is 24.7 Å². The van der Waals surface area contributed by atoms with Gasteiger partial charge < -0.3 is 20.9 Å². The average Bonchev–Trinajstić information content (AvgIpc) is 2.90. The van der Waals surface area contributed by atoms with Crippen molar-refractivity contribution in [3.8, 4) is 5.75 Å². The summed E-state index contributed by atoms with van der Waals surface area (Å²) in [6.07, 6.45) is -4.41. The van der Waals surface area contributed by atoms with E-state index in [4.69, 9.17) is 20.9 Å². The molecule has 1 unspecified atom stereocenters. The zero-order chi connectivity index (χ0) is 30.0. The molecule has 10 heteroatoms. The number of unbranched alkanes of at least 4 members (excludes halogenated alkanes) is 2. The second-order valence-electron chi connectivity index (χ2n) is 9.61. The minimum atomic E-state index is -4.16. The van der Waals surface area contributed by atoms with Crippen molar-refractivity contribution in [2.24, 2.45) is 0 Å². The Morgan fingerprint density at radius 2 is 1.59 bits per heavy atom. The third kappa shape index (κ3) is 10.4. The van der Waals surface area contributed by atoms with Gasteiger partial charge in [-0.05, 0) is 85.4 Å². The van der Waals surface area contributed by atoms with Crippen LogP contribution in [0.2, 0.25) is 0 Å². The smallest absolute Gasteiger partial charge is 0.426 e. The number of benzene rings is 3. The van der Waals surface area contributed by atoms with E-state index in [1.54, 1.807) is 18.2 Å². The molecule has 3 rings (SSSR count). The van der Waals surface area contributed by atoms with Crippen LogP contribution < -0.4 is 16.2 Å². The van der Waals surface area contributed by atoms with E-state index in [9.17, 15) is 26.7 Å². The zero-order valence-corrected chi connectivity index (χ0v) is 22.3. The minimum Gasteiger partial charge on any atom is -0.462 e. The van der Waals surface area contributed by atoms with Gasteiger partial charge in [-0.2, -0.15) is 22.0 Å². The Balaban J connectivity index is 1.46. The highest BCUT2D eigenvalue weighted by atomic mass is 19.4. The second kappa shape index (κ2) is 14.0. The van der Waals surface area contributed by atoms with Gasteiger partial charge in [-0.3, -0.25) is 0 Å². The van der Waals surface area contributed by atoms with Crippen LogP contribution in [0.5, 0.6) is 5.75 Å². The normalized spacial score (nSPS) is 12.8. The van der Waals surface area contributed by atoms with Crippen molar-refractivity contribution in [2.45, 2.75) is 50.3 Å². The molecule has 0 aliphatic heterocycles. The molecule has 4 N–H and O–H groups in total. The Morgan fingerprint density at radius 1 is 0.902 bits per heavy atom. The lowest BCUT2D eigenvalue weighted by Crippen LogP contribution is -2.21. The lowest BCUT2D eigenvalue weighted by atomic mass is 10.00. The van der Waals surface area contributed by atoms with Crippen molar-refractivity contribution < 1.29 is 36.2 Å². The second-order valence-corrected chi connectivity index (χ2v) is 9.61. The third-order valence-corrected chi connectivity index (χ3v) is 6.23. The summed E-state index contributed by atoms with van der Waals surface area (Å²) >= 11 is 0. The molecule has 5 nitrogen and oxygen atoms in total. The van der Waals surface area contributed by atoms with Gasteiger partial charge in [-0.25, -0.2) is 4.79 Å². The van der Waals surface area contributed by atoms with Gasteiger partial charge in [-0.1, -0.05) is 36.8 Å². The molecule has 1 radical (unpaired) electrons. The van der Waals surface area contributed by atoms with Crippen LogP contribution in [-0.2, 0) is 22.1 Å². The molecule has 0 saturated heterocycles. The Morgan fingerprint density at radius 3 is 2.22 bits per heavy atom. The van der Waals surface area contributed by atoms with Crippen LogP contribution in [0.4, 0.5) is 33.3 Å². The highest BCUT2D eigenvalue weighted by Gasteiger charge is 2.34. The summed E-state index contributed by atoms with van der Waals surface area (Å²) in [5.74, 6) is -1.08. The molecule has 41 heavy (non-hydrogen) atoms. The molecule has 0 aliphatic carbocycles. The van der Waals surface area contributed by atoms with Crippen molar-refractivity contribution in [2.75, 3.05) is 18.1 Å². The summed E-state index contributed by atoms with van der Waals surface area (Å²) in [4.78, 5) is 12.1. The summed E-state index contributed by atoms with van der Waals surface area (Å²) in [6.45, 7) is 3.95. The maximum absolute atomic E-state index is 14.7. The van der Waals surface area contributed by atoms with Crippen molar-refractivity contribution >= 4 is 23.4 Å². The number of carbonyl (C=O) groups excluding carboxylic acids is 1. The van der Waals surface area contributed by atoms with Gasteiger partial charge in [-0.15, -0.1) is 0 Å². The molecule has 0 amide bonds. The number of ether oxygens (including phenoxy) is 2. The van der Waals surface area contributed by atoms with Crippen LogP contribution in [-0.4, -0.2) is 18.8 Å². The highest BCUT2D eigenvalue weighted by molar-refractivity contribution is 5.87. The maximum Gasteiger partial charge on any atom is 0.426 e. The van der Waals surface area contributed by atoms with Gasteiger partial charge in [0.2, 0.25) is 0 Å². The lowest BCUT2D eigenvalue weighted by molar-refractivity contribution is -0.185. The fourth-order valence-corrected chi connectivity index (χ4v) is 4.00. The van der Waals surface area contributed by atoms with E-state index in [2.05, 4.69) is 6.92 Å². The molecular weight excluding hydrogens is 543 g/mol. The number of alkyl halides is 5. The monoisotopic (exact) mass is 575 g/mol. The Labute approximate surface area is 235 Å². The number of hydrogen-bond donors (Lipinski definition) is 2. The number of anilines is 2. The number of halogens is 5. The number of nitrogens with two attached hydrogens (primary N) is 2. The SMILES string of the molecule is [CH2]C(COC(=O)/C=C/c1ccc(OC(F)(F)c2ccc(CCCCCC(F)(F)F)cc2)cc1)c1ccc(N)cc1N. The Bertz CT molecular complexity index is 1310. The summed E-state index contributed by atoms with van der Waals surface area (Å²) in [5.41, 5.74) is 14.3. The van der Waals surface area contributed by atoms with Gasteiger partial charge in [0, 0.05) is 29.8 Å². The summed E-state index contributed by atoms with van der Waals surface area (Å²) in [7, 11) is 0. The quantitative estimate of drug-likeness (QED) is 0.0714. The van der Waals surface area contributed by atoms with E-state index in [1.807, 2.05) is 0 Å². The number of nitrogen functional groups attached to an aromatic ring is 2. The van der Waals surface area contributed by atoms with Gasteiger partial charge in [0.1, 0.15) is 5.75 Å². The molecule has 1 atom stereocenters. The van der Waals surface area contributed by atoms with Crippen LogP contribution in [0.3, 0.4) is 0 Å². The van der Waals surface area contributed by atoms with Crippen LogP contribution in [0.25, 0.3) is 6.08 Å². The third-order valence-electron chi connectivity index (χ3n) is 6.23. The van der Waals surface area contributed by atoms with E-state index in [0.717, 1.165) is 5.56 Å². The molecular formula is C31H32F5N2O3. The molecule has 0 heterocycles. The number of esters is 1. The van der Waals surface area contributed by atoms with Crippen LogP contribution in [0.1, 0.15) is 53.9 Å². The van der Waals surface area contributed by atoms with E-state index in [1.165, 1.54) is 60.7 Å². The molecule has 219 valence electrons. The molecule has 3 aromatic rings. The standard InChI is InChI=1S/C31H32F5N2O3/c1-21(27-16-13-25(37)19-28(27)38)20-40-29(39)17-10-23-8-14-26(15-9-23)41-31(35,36)24-11-6-22(7-12-24)5-3-2-4-18-30(32,33)34/h6-17,19,21H,1-5,18,20,37-38H2/b17-10+. The number of aryl methyl sites for hydroxylation is 1. The molecule has 0 saturated carbocycles. The fourth-order valence-electron chi connectivity index (χ4n) is 4.00. The number of rotatable bonds is 13. The molecule has 3 aromatic carbocycles. The lowest BCUT2D eigenvalue weighted by Gasteiger charge is -2.18. The molecule has 0 aliphatic rings. The first kappa shape index (κ1) is 31.4. The first-order valence-electron chi connectivity index (χ1n) is 13.0. The molecule has 0 spiro atoms. The number of carbonyl (C=O) groups is 1. The van der Waals surface area contributed by atoms with Gasteiger partial charge in [0.05, 0.1) is 12.2 Å². The maximum atomic E-state index is 14.7. The molecule has 0 fully saturated rings. The Hall–Kier alpha value is -4.08. The molecule has 0 bridgehead atoms. The van der Waals surface area contributed by atoms with Crippen molar-refractivity contribution in [3.63, 3.8) is 0 Å². The first-order valence-corrected chi connectivity index (χ1v) is 13.0. The van der Waals surface area contributed by atoms with Crippen molar-refractivity contribution in [1.82, 2.24) is 0 Å². The topological polar surface area (TPSA) is 87.6 Å². The predicted octanol–water partition coefficient (Wildman–Crippen LogP) is 7.82. The average molecular weight is 576 g/mol. The number of hydrogen-bond acceptors (Lipinski definition) is 5. The van der Waals surface area contributed by atoms with Gasteiger partial charge in [0.15, 0.2) is 0 Å². The molecule has 0 aromatic heterocycles. The van der Waals surface area contributed by atoms with Gasteiger partial charge >= 0.3 is 18.3 Å².